The van der Waals surface area contributed by atoms with E-state index in [0.717, 1.165) is 19.3 Å². The molecule has 2 heterocycles. The number of carbonyl (C=O) groups excluding carboxylic acids is 1. The number of rotatable bonds is 6. The maximum absolute atomic E-state index is 12.9. The van der Waals surface area contributed by atoms with Gasteiger partial charge in [0.15, 0.2) is 0 Å². The number of hydrogen-bond donors (Lipinski definition) is 1. The minimum atomic E-state index is -3.59. The predicted molar refractivity (Wildman–Crippen MR) is 105 cm³/mol. The van der Waals surface area contributed by atoms with Gasteiger partial charge in [-0.3, -0.25) is 4.79 Å². The Hall–Kier alpha value is -2.23. The standard InChI is InChI=1S/C18H21N3O4S2/c1-25-17-7-6-15(27(23,24)21-9-3-2-4-10-21)11-16(17)20-18(22)8-5-14-12-26-13-19-14/h5-8,11-13H,2-4,9-10H2,1H3,(H,20,22)/b8-5+. The topological polar surface area (TPSA) is 88.6 Å². The number of nitrogens with one attached hydrogen (secondary N) is 1. The van der Waals surface area contributed by atoms with Crippen LogP contribution in [0.25, 0.3) is 6.08 Å². The molecule has 0 aliphatic carbocycles. The molecule has 3 rings (SSSR count). The molecule has 0 atom stereocenters. The zero-order valence-corrected chi connectivity index (χ0v) is 16.6. The van der Waals surface area contributed by atoms with Crippen molar-refractivity contribution in [2.75, 3.05) is 25.5 Å². The highest BCUT2D eigenvalue weighted by atomic mass is 32.2. The third kappa shape index (κ3) is 4.74. The molecule has 0 bridgehead atoms. The molecule has 27 heavy (non-hydrogen) atoms. The lowest BCUT2D eigenvalue weighted by Crippen LogP contribution is -2.35. The van der Waals surface area contributed by atoms with Gasteiger partial charge in [0.05, 0.1) is 28.9 Å². The number of sulfonamides is 1. The Morgan fingerprint density at radius 3 is 2.74 bits per heavy atom. The lowest BCUT2D eigenvalue weighted by atomic mass is 10.2. The van der Waals surface area contributed by atoms with Crippen LogP contribution in [0.15, 0.2) is 40.1 Å². The van der Waals surface area contributed by atoms with Gasteiger partial charge in [-0.15, -0.1) is 11.3 Å². The van der Waals surface area contributed by atoms with Crippen molar-refractivity contribution >= 4 is 39.0 Å². The number of hydrogen-bond acceptors (Lipinski definition) is 6. The number of benzene rings is 1. The largest absolute Gasteiger partial charge is 0.495 e. The van der Waals surface area contributed by atoms with Crippen LogP contribution in [0.2, 0.25) is 0 Å². The fraction of sp³-hybridized carbons (Fsp3) is 0.333. The Labute approximate surface area is 162 Å². The lowest BCUT2D eigenvalue weighted by molar-refractivity contribution is -0.111. The normalized spacial score (nSPS) is 15.7. The molecule has 2 aromatic rings. The van der Waals surface area contributed by atoms with E-state index in [-0.39, 0.29) is 4.90 Å². The van der Waals surface area contributed by atoms with Crippen LogP contribution in [0.5, 0.6) is 5.75 Å². The van der Waals surface area contributed by atoms with Gasteiger partial charge >= 0.3 is 0 Å². The molecule has 1 N–H and O–H groups in total. The first-order valence-corrected chi connectivity index (χ1v) is 10.9. The number of anilines is 1. The molecule has 1 aromatic carbocycles. The van der Waals surface area contributed by atoms with Gasteiger partial charge in [0.1, 0.15) is 5.75 Å². The lowest BCUT2D eigenvalue weighted by Gasteiger charge is -2.26. The monoisotopic (exact) mass is 407 g/mol. The van der Waals surface area contributed by atoms with Crippen LogP contribution in [0.1, 0.15) is 25.0 Å². The molecule has 9 heteroatoms. The summed E-state index contributed by atoms with van der Waals surface area (Å²) in [4.78, 5) is 16.4. The SMILES string of the molecule is COc1ccc(S(=O)(=O)N2CCCCC2)cc1NC(=O)/C=C/c1cscn1. The van der Waals surface area contributed by atoms with Crippen LogP contribution in [-0.2, 0) is 14.8 Å². The summed E-state index contributed by atoms with van der Waals surface area (Å²) in [6, 6.07) is 4.50. The van der Waals surface area contributed by atoms with E-state index in [1.54, 1.807) is 17.7 Å². The molecule has 0 radical (unpaired) electrons. The number of ether oxygens (including phenoxy) is 1. The van der Waals surface area contributed by atoms with E-state index in [1.807, 2.05) is 5.38 Å². The van der Waals surface area contributed by atoms with Crippen LogP contribution in [0, 0.1) is 0 Å². The second kappa shape index (κ2) is 8.64. The van der Waals surface area contributed by atoms with Gasteiger partial charge in [0, 0.05) is 24.5 Å². The highest BCUT2D eigenvalue weighted by Crippen LogP contribution is 2.30. The number of aromatic nitrogens is 1. The van der Waals surface area contributed by atoms with Crippen molar-refractivity contribution in [3.05, 3.63) is 40.9 Å². The molecule has 1 saturated heterocycles. The minimum Gasteiger partial charge on any atom is -0.495 e. The van der Waals surface area contributed by atoms with E-state index < -0.39 is 15.9 Å². The summed E-state index contributed by atoms with van der Waals surface area (Å²) in [5.74, 6) is -0.00294. The molecule has 144 valence electrons. The van der Waals surface area contributed by atoms with Crippen LogP contribution in [-0.4, -0.2) is 43.8 Å². The number of amides is 1. The van der Waals surface area contributed by atoms with Crippen molar-refractivity contribution in [3.63, 3.8) is 0 Å². The summed E-state index contributed by atoms with van der Waals surface area (Å²) in [5.41, 5.74) is 2.67. The Balaban J connectivity index is 1.82. The second-order valence-electron chi connectivity index (χ2n) is 6.06. The van der Waals surface area contributed by atoms with Crippen molar-refractivity contribution in [2.45, 2.75) is 24.2 Å². The molecule has 0 saturated carbocycles. The van der Waals surface area contributed by atoms with Crippen LogP contribution >= 0.6 is 11.3 Å². The highest BCUT2D eigenvalue weighted by Gasteiger charge is 2.26. The molecule has 1 amide bonds. The number of thiazole rings is 1. The summed E-state index contributed by atoms with van der Waals surface area (Å²) in [6.07, 6.45) is 5.70. The van der Waals surface area contributed by atoms with Crippen LogP contribution in [0.4, 0.5) is 5.69 Å². The number of methoxy groups -OCH3 is 1. The van der Waals surface area contributed by atoms with E-state index in [2.05, 4.69) is 10.3 Å². The maximum Gasteiger partial charge on any atom is 0.248 e. The van der Waals surface area contributed by atoms with Gasteiger partial charge < -0.3 is 10.1 Å². The molecular weight excluding hydrogens is 386 g/mol. The third-order valence-electron chi connectivity index (χ3n) is 4.24. The van der Waals surface area contributed by atoms with Crippen molar-refractivity contribution in [1.82, 2.24) is 9.29 Å². The highest BCUT2D eigenvalue weighted by molar-refractivity contribution is 7.89. The van der Waals surface area contributed by atoms with Gasteiger partial charge in [-0.05, 0) is 37.1 Å². The molecule has 0 spiro atoms. The zero-order chi connectivity index (χ0) is 19.3. The van der Waals surface area contributed by atoms with E-state index in [9.17, 15) is 13.2 Å². The molecule has 0 unspecified atom stereocenters. The summed E-state index contributed by atoms with van der Waals surface area (Å²) in [5, 5.41) is 4.50. The Morgan fingerprint density at radius 1 is 1.30 bits per heavy atom. The van der Waals surface area contributed by atoms with Gasteiger partial charge in [-0.2, -0.15) is 4.31 Å². The fourth-order valence-electron chi connectivity index (χ4n) is 2.84. The van der Waals surface area contributed by atoms with E-state index in [4.69, 9.17) is 4.74 Å². The maximum atomic E-state index is 12.9. The Kier molecular flexibility index (Phi) is 6.25. The van der Waals surface area contributed by atoms with Gasteiger partial charge in [0.25, 0.3) is 0 Å². The second-order valence-corrected chi connectivity index (χ2v) is 8.72. The Morgan fingerprint density at radius 2 is 2.07 bits per heavy atom. The fourth-order valence-corrected chi connectivity index (χ4v) is 4.91. The van der Waals surface area contributed by atoms with Crippen LogP contribution < -0.4 is 10.1 Å². The third-order valence-corrected chi connectivity index (χ3v) is 6.74. The molecular formula is C18H21N3O4S2. The molecule has 1 aliphatic rings. The minimum absolute atomic E-state index is 0.143. The summed E-state index contributed by atoms with van der Waals surface area (Å²) in [7, 11) is -2.13. The summed E-state index contributed by atoms with van der Waals surface area (Å²) in [6.45, 7) is 1.04. The van der Waals surface area contributed by atoms with E-state index in [1.165, 1.54) is 41.0 Å². The smallest absolute Gasteiger partial charge is 0.248 e. The van der Waals surface area contributed by atoms with Crippen molar-refractivity contribution in [2.24, 2.45) is 0 Å². The predicted octanol–water partition coefficient (Wildman–Crippen LogP) is 2.98. The van der Waals surface area contributed by atoms with Gasteiger partial charge in [-0.1, -0.05) is 6.42 Å². The van der Waals surface area contributed by atoms with Gasteiger partial charge in [0.2, 0.25) is 15.9 Å². The molecule has 7 nitrogen and oxygen atoms in total. The average molecular weight is 408 g/mol. The first kappa shape index (κ1) is 19.5. The van der Waals surface area contributed by atoms with Crippen LogP contribution in [0.3, 0.4) is 0 Å². The molecule has 1 aliphatic heterocycles. The van der Waals surface area contributed by atoms with Crippen molar-refractivity contribution in [3.8, 4) is 5.75 Å². The van der Waals surface area contributed by atoms with Crippen molar-refractivity contribution < 1.29 is 17.9 Å². The number of nitrogens with zero attached hydrogens (tertiary/aromatic N) is 2. The summed E-state index contributed by atoms with van der Waals surface area (Å²) < 4.78 is 32.5. The van der Waals surface area contributed by atoms with E-state index in [0.29, 0.717) is 30.2 Å². The number of piperidine rings is 1. The first-order chi connectivity index (χ1) is 13.0. The van der Waals surface area contributed by atoms with Gasteiger partial charge in [-0.25, -0.2) is 13.4 Å². The number of carbonyl (C=O) groups is 1. The molecule has 1 aromatic heterocycles. The zero-order valence-electron chi connectivity index (χ0n) is 14.9. The van der Waals surface area contributed by atoms with E-state index >= 15 is 0 Å². The average Bonchev–Trinajstić information content (AvgIpc) is 3.20. The molecule has 1 fully saturated rings. The Bertz CT molecular complexity index is 918. The first-order valence-electron chi connectivity index (χ1n) is 8.56. The summed E-state index contributed by atoms with van der Waals surface area (Å²) >= 11 is 1.43. The quantitative estimate of drug-likeness (QED) is 0.744. The van der Waals surface area contributed by atoms with Crippen molar-refractivity contribution in [1.29, 1.82) is 0 Å².